The van der Waals surface area contributed by atoms with Crippen molar-refractivity contribution in [2.24, 2.45) is 0 Å². The van der Waals surface area contributed by atoms with Crippen molar-refractivity contribution in [2.45, 2.75) is 31.8 Å². The lowest BCUT2D eigenvalue weighted by molar-refractivity contribution is 0.0697. The third-order valence-corrected chi connectivity index (χ3v) is 5.78. The normalized spacial score (nSPS) is 12.0. The molecular formula is C19H18O7S. The topological polar surface area (TPSA) is 111 Å². The van der Waals surface area contributed by atoms with Gasteiger partial charge in [0.25, 0.3) is 0 Å². The molecule has 2 aromatic carbocycles. The maximum Gasteiger partial charge on any atom is 0.335 e. The first-order chi connectivity index (χ1) is 12.6. The van der Waals surface area contributed by atoms with E-state index in [1.807, 2.05) is 0 Å². The van der Waals surface area contributed by atoms with Gasteiger partial charge in [-0.05, 0) is 38.1 Å². The van der Waals surface area contributed by atoms with Crippen LogP contribution in [0.15, 0.2) is 44.4 Å². The highest BCUT2D eigenvalue weighted by Gasteiger charge is 2.22. The Hall–Kier alpha value is -2.87. The molecule has 0 radical (unpaired) electrons. The Labute approximate surface area is 155 Å². The van der Waals surface area contributed by atoms with E-state index in [-0.39, 0.29) is 50.0 Å². The number of carboxylic acid groups (broad SMARTS) is 1. The number of hydrogen-bond donors (Lipinski definition) is 1. The molecule has 0 atom stereocenters. The van der Waals surface area contributed by atoms with Crippen LogP contribution in [0.25, 0.3) is 21.9 Å². The molecule has 0 unspecified atom stereocenters. The molecule has 0 saturated carbocycles. The van der Waals surface area contributed by atoms with Crippen LogP contribution in [0.3, 0.4) is 0 Å². The molecule has 1 heterocycles. The van der Waals surface area contributed by atoms with Gasteiger partial charge in [-0.2, -0.15) is 0 Å². The summed E-state index contributed by atoms with van der Waals surface area (Å²) in [5, 5.41) is 9.22. The third kappa shape index (κ3) is 3.40. The van der Waals surface area contributed by atoms with E-state index < -0.39 is 21.2 Å². The standard InChI is InChI=1S/C19H18O7S/c1-4-27(23,24)16-9-12(25-10(2)3)8-14-17(20)13-7-11(19(21)22)5-6-15(13)26-18(14)16/h5-10H,4H2,1-3H3,(H,21,22). The molecule has 0 aliphatic carbocycles. The average molecular weight is 390 g/mol. The first-order valence-electron chi connectivity index (χ1n) is 8.31. The third-order valence-electron chi connectivity index (χ3n) is 4.04. The largest absolute Gasteiger partial charge is 0.491 e. The monoisotopic (exact) mass is 390 g/mol. The molecule has 7 nitrogen and oxygen atoms in total. The van der Waals surface area contributed by atoms with Crippen molar-refractivity contribution in [1.82, 2.24) is 0 Å². The van der Waals surface area contributed by atoms with Crippen LogP contribution in [0.2, 0.25) is 0 Å². The lowest BCUT2D eigenvalue weighted by Crippen LogP contribution is -2.12. The molecule has 0 bridgehead atoms. The molecular weight excluding hydrogens is 372 g/mol. The Bertz CT molecular complexity index is 1220. The van der Waals surface area contributed by atoms with Crippen LogP contribution in [0.4, 0.5) is 0 Å². The molecule has 0 aliphatic rings. The van der Waals surface area contributed by atoms with E-state index >= 15 is 0 Å². The quantitative estimate of drug-likeness (QED) is 0.666. The Kier molecular flexibility index (Phi) is 4.69. The molecule has 3 rings (SSSR count). The van der Waals surface area contributed by atoms with Crippen LogP contribution in [-0.2, 0) is 9.84 Å². The molecule has 0 aliphatic heterocycles. The molecule has 142 valence electrons. The molecule has 0 fully saturated rings. The zero-order valence-corrected chi connectivity index (χ0v) is 15.8. The van der Waals surface area contributed by atoms with E-state index in [9.17, 15) is 18.0 Å². The highest BCUT2D eigenvalue weighted by Crippen LogP contribution is 2.31. The second kappa shape index (κ2) is 6.70. The summed E-state index contributed by atoms with van der Waals surface area (Å²) >= 11 is 0. The van der Waals surface area contributed by atoms with Crippen molar-refractivity contribution >= 4 is 37.7 Å². The summed E-state index contributed by atoms with van der Waals surface area (Å²) < 4.78 is 36.4. The molecule has 0 amide bonds. The maximum absolute atomic E-state index is 13.0. The first-order valence-corrected chi connectivity index (χ1v) is 9.96. The van der Waals surface area contributed by atoms with Gasteiger partial charge in [-0.25, -0.2) is 13.2 Å². The fraction of sp³-hybridized carbons (Fsp3) is 0.263. The summed E-state index contributed by atoms with van der Waals surface area (Å²) in [5.74, 6) is -1.12. The summed E-state index contributed by atoms with van der Waals surface area (Å²) in [4.78, 5) is 24.0. The van der Waals surface area contributed by atoms with Gasteiger partial charge in [-0.15, -0.1) is 0 Å². The molecule has 1 N–H and O–H groups in total. The van der Waals surface area contributed by atoms with Crippen molar-refractivity contribution < 1.29 is 27.5 Å². The maximum atomic E-state index is 13.0. The van der Waals surface area contributed by atoms with E-state index in [0.29, 0.717) is 0 Å². The predicted octanol–water partition coefficient (Wildman–Crippen LogP) is 3.23. The Morgan fingerprint density at radius 2 is 1.89 bits per heavy atom. The minimum absolute atomic E-state index is 0.0233. The number of aromatic carboxylic acids is 1. The number of sulfone groups is 1. The first kappa shape index (κ1) is 18.9. The molecule has 27 heavy (non-hydrogen) atoms. The number of rotatable bonds is 5. The van der Waals surface area contributed by atoms with Gasteiger partial charge in [-0.3, -0.25) is 4.79 Å². The SMILES string of the molecule is CCS(=O)(=O)c1cc(OC(C)C)cc2c(=O)c3cc(C(=O)O)ccc3oc12. The van der Waals surface area contributed by atoms with Crippen LogP contribution in [0.5, 0.6) is 5.75 Å². The number of ether oxygens (including phenoxy) is 1. The average Bonchev–Trinajstić information content (AvgIpc) is 2.61. The lowest BCUT2D eigenvalue weighted by atomic mass is 10.1. The molecule has 8 heteroatoms. The fourth-order valence-electron chi connectivity index (χ4n) is 2.76. The molecule has 0 spiro atoms. The smallest absolute Gasteiger partial charge is 0.335 e. The minimum atomic E-state index is -3.70. The van der Waals surface area contributed by atoms with Gasteiger partial charge in [0.05, 0.1) is 28.2 Å². The zero-order chi connectivity index (χ0) is 19.9. The van der Waals surface area contributed by atoms with Gasteiger partial charge in [0, 0.05) is 6.07 Å². The summed E-state index contributed by atoms with van der Waals surface area (Å²) in [6.07, 6.45) is -0.231. The van der Waals surface area contributed by atoms with Gasteiger partial charge in [0.15, 0.2) is 15.4 Å². The Balaban J connectivity index is 2.47. The number of benzene rings is 2. The zero-order valence-electron chi connectivity index (χ0n) is 15.0. The fourth-order valence-corrected chi connectivity index (χ4v) is 3.80. The number of carboxylic acids is 1. The lowest BCUT2D eigenvalue weighted by Gasteiger charge is -2.13. The highest BCUT2D eigenvalue weighted by molar-refractivity contribution is 7.91. The van der Waals surface area contributed by atoms with Crippen LogP contribution < -0.4 is 10.2 Å². The van der Waals surface area contributed by atoms with Gasteiger partial charge < -0.3 is 14.3 Å². The van der Waals surface area contributed by atoms with Crippen molar-refractivity contribution in [3.63, 3.8) is 0 Å². The molecule has 3 aromatic rings. The van der Waals surface area contributed by atoms with Crippen molar-refractivity contribution in [2.75, 3.05) is 5.75 Å². The summed E-state index contributed by atoms with van der Waals surface area (Å²) in [6, 6.07) is 6.63. The summed E-state index contributed by atoms with van der Waals surface area (Å²) in [5.41, 5.74) is -0.530. The van der Waals surface area contributed by atoms with Crippen LogP contribution in [0, 0.1) is 0 Å². The Morgan fingerprint density at radius 3 is 2.48 bits per heavy atom. The van der Waals surface area contributed by atoms with E-state index in [2.05, 4.69) is 0 Å². The van der Waals surface area contributed by atoms with Gasteiger partial charge >= 0.3 is 5.97 Å². The van der Waals surface area contributed by atoms with E-state index in [1.54, 1.807) is 13.8 Å². The van der Waals surface area contributed by atoms with Crippen molar-refractivity contribution in [3.8, 4) is 5.75 Å². The van der Waals surface area contributed by atoms with Crippen LogP contribution >= 0.6 is 0 Å². The summed E-state index contributed by atoms with van der Waals surface area (Å²) in [7, 11) is -3.70. The molecule has 0 saturated heterocycles. The van der Waals surface area contributed by atoms with Crippen LogP contribution in [0.1, 0.15) is 31.1 Å². The van der Waals surface area contributed by atoms with E-state index in [1.165, 1.54) is 37.3 Å². The van der Waals surface area contributed by atoms with Crippen molar-refractivity contribution in [3.05, 3.63) is 46.1 Å². The van der Waals surface area contributed by atoms with Gasteiger partial charge in [-0.1, -0.05) is 6.92 Å². The van der Waals surface area contributed by atoms with Crippen molar-refractivity contribution in [1.29, 1.82) is 0 Å². The predicted molar refractivity (Wildman–Crippen MR) is 100 cm³/mol. The minimum Gasteiger partial charge on any atom is -0.491 e. The van der Waals surface area contributed by atoms with Gasteiger partial charge in [0.1, 0.15) is 16.2 Å². The second-order valence-corrected chi connectivity index (χ2v) is 8.56. The highest BCUT2D eigenvalue weighted by atomic mass is 32.2. The van der Waals surface area contributed by atoms with E-state index in [4.69, 9.17) is 14.3 Å². The molecule has 1 aromatic heterocycles. The number of carbonyl (C=O) groups is 1. The summed E-state index contributed by atoms with van der Waals surface area (Å²) in [6.45, 7) is 5.05. The van der Waals surface area contributed by atoms with E-state index in [0.717, 1.165) is 0 Å². The Morgan fingerprint density at radius 1 is 1.19 bits per heavy atom. The number of hydrogen-bond acceptors (Lipinski definition) is 6. The number of fused-ring (bicyclic) bond motifs is 2. The second-order valence-electron chi connectivity index (χ2n) is 6.32. The van der Waals surface area contributed by atoms with Crippen LogP contribution in [-0.4, -0.2) is 31.4 Å². The van der Waals surface area contributed by atoms with Gasteiger partial charge in [0.2, 0.25) is 5.43 Å².